The van der Waals surface area contributed by atoms with Gasteiger partial charge in [-0.05, 0) is 61.9 Å². The molecule has 1 unspecified atom stereocenters. The lowest BCUT2D eigenvalue weighted by atomic mass is 9.99. The smallest absolute Gasteiger partial charge is 0.243 e. The van der Waals surface area contributed by atoms with Gasteiger partial charge in [-0.15, -0.1) is 11.3 Å². The summed E-state index contributed by atoms with van der Waals surface area (Å²) in [6.45, 7) is 0.516. The number of ether oxygens (including phenoxy) is 1. The normalized spacial score (nSPS) is 19.1. The minimum atomic E-state index is -3.69. The summed E-state index contributed by atoms with van der Waals surface area (Å²) in [7, 11) is -2.16. The molecule has 1 amide bonds. The van der Waals surface area contributed by atoms with E-state index in [0.29, 0.717) is 35.7 Å². The number of nitriles is 1. The Balaban J connectivity index is 1.48. The van der Waals surface area contributed by atoms with Crippen LogP contribution in [-0.2, 0) is 27.7 Å². The molecular formula is C21H23N3O4S2. The molecule has 0 bridgehead atoms. The Hall–Kier alpha value is -2.41. The minimum Gasteiger partial charge on any atom is -0.497 e. The van der Waals surface area contributed by atoms with Crippen molar-refractivity contribution in [3.05, 3.63) is 40.3 Å². The standard InChI is InChI=1S/C21H23N3O4S2/c1-28-15-7-9-16(10-8-15)30(26,27)24-11-3-4-14(13-24)20(25)23-21-18(12-22)17-5-2-6-19(17)29-21/h7-10,14H,2-6,11,13H2,1H3,(H,23,25). The van der Waals surface area contributed by atoms with E-state index in [9.17, 15) is 18.5 Å². The number of piperidine rings is 1. The third-order valence-electron chi connectivity index (χ3n) is 5.72. The second-order valence-electron chi connectivity index (χ2n) is 7.54. The van der Waals surface area contributed by atoms with E-state index < -0.39 is 15.9 Å². The summed E-state index contributed by atoms with van der Waals surface area (Å²) in [5, 5.41) is 13.0. The van der Waals surface area contributed by atoms with Crippen molar-refractivity contribution in [3.8, 4) is 11.8 Å². The highest BCUT2D eigenvalue weighted by Crippen LogP contribution is 2.39. The Morgan fingerprint density at radius 2 is 2.03 bits per heavy atom. The number of rotatable bonds is 5. The van der Waals surface area contributed by atoms with Crippen molar-refractivity contribution in [1.82, 2.24) is 4.31 Å². The summed E-state index contributed by atoms with van der Waals surface area (Å²) >= 11 is 1.47. The lowest BCUT2D eigenvalue weighted by Gasteiger charge is -2.31. The van der Waals surface area contributed by atoms with Gasteiger partial charge in [0.2, 0.25) is 15.9 Å². The topological polar surface area (TPSA) is 99.5 Å². The number of methoxy groups -OCH3 is 1. The monoisotopic (exact) mass is 445 g/mol. The Labute approximate surface area is 180 Å². The SMILES string of the molecule is COc1ccc(S(=O)(=O)N2CCCC(C(=O)Nc3sc4c(c3C#N)CCC4)C2)cc1. The molecule has 4 rings (SSSR count). The molecule has 30 heavy (non-hydrogen) atoms. The largest absolute Gasteiger partial charge is 0.497 e. The van der Waals surface area contributed by atoms with Gasteiger partial charge in [-0.1, -0.05) is 0 Å². The highest BCUT2D eigenvalue weighted by Gasteiger charge is 2.34. The van der Waals surface area contributed by atoms with Crippen LogP contribution >= 0.6 is 11.3 Å². The Morgan fingerprint density at radius 3 is 2.73 bits per heavy atom. The van der Waals surface area contributed by atoms with Gasteiger partial charge in [-0.3, -0.25) is 4.79 Å². The molecule has 1 saturated heterocycles. The quantitative estimate of drug-likeness (QED) is 0.762. The molecule has 7 nitrogen and oxygen atoms in total. The summed E-state index contributed by atoms with van der Waals surface area (Å²) in [6.07, 6.45) is 4.10. The molecule has 1 aliphatic heterocycles. The molecule has 9 heteroatoms. The molecule has 0 radical (unpaired) electrons. The van der Waals surface area contributed by atoms with Crippen LogP contribution in [0.15, 0.2) is 29.2 Å². The minimum absolute atomic E-state index is 0.132. The number of hydrogen-bond donors (Lipinski definition) is 1. The third kappa shape index (κ3) is 3.83. The van der Waals surface area contributed by atoms with E-state index in [1.54, 1.807) is 12.1 Å². The lowest BCUT2D eigenvalue weighted by Crippen LogP contribution is -2.43. The van der Waals surface area contributed by atoms with E-state index >= 15 is 0 Å². The number of nitrogens with one attached hydrogen (secondary N) is 1. The van der Waals surface area contributed by atoms with Gasteiger partial charge in [0.15, 0.2) is 0 Å². The second kappa shape index (κ2) is 8.38. The third-order valence-corrected chi connectivity index (χ3v) is 8.81. The van der Waals surface area contributed by atoms with Gasteiger partial charge in [0.25, 0.3) is 0 Å². The van der Waals surface area contributed by atoms with Crippen LogP contribution < -0.4 is 10.1 Å². The molecule has 2 heterocycles. The van der Waals surface area contributed by atoms with Crippen LogP contribution in [0.1, 0.15) is 35.3 Å². The van der Waals surface area contributed by atoms with Crippen LogP contribution in [0.3, 0.4) is 0 Å². The van der Waals surface area contributed by atoms with Crippen LogP contribution in [-0.4, -0.2) is 38.8 Å². The average Bonchev–Trinajstić information content (AvgIpc) is 3.34. The van der Waals surface area contributed by atoms with E-state index in [4.69, 9.17) is 4.74 Å². The number of nitrogens with zero attached hydrogens (tertiary/aromatic N) is 2. The lowest BCUT2D eigenvalue weighted by molar-refractivity contribution is -0.120. The number of aryl methyl sites for hydroxylation is 1. The number of hydrogen-bond acceptors (Lipinski definition) is 6. The van der Waals surface area contributed by atoms with Gasteiger partial charge in [0.05, 0.1) is 23.5 Å². The van der Waals surface area contributed by atoms with E-state index in [1.807, 2.05) is 0 Å². The maximum absolute atomic E-state index is 13.0. The second-order valence-corrected chi connectivity index (χ2v) is 10.6. The first-order chi connectivity index (χ1) is 14.4. The zero-order valence-corrected chi connectivity index (χ0v) is 18.3. The Kier molecular flexibility index (Phi) is 5.82. The zero-order chi connectivity index (χ0) is 21.3. The molecule has 1 fully saturated rings. The molecule has 0 saturated carbocycles. The maximum atomic E-state index is 13.0. The summed E-state index contributed by atoms with van der Waals surface area (Å²) in [4.78, 5) is 14.3. The fourth-order valence-electron chi connectivity index (χ4n) is 4.10. The van der Waals surface area contributed by atoms with Gasteiger partial charge in [-0.2, -0.15) is 9.57 Å². The van der Waals surface area contributed by atoms with Gasteiger partial charge < -0.3 is 10.1 Å². The van der Waals surface area contributed by atoms with Crippen molar-refractivity contribution >= 4 is 32.3 Å². The fraction of sp³-hybridized carbons (Fsp3) is 0.429. The summed E-state index contributed by atoms with van der Waals surface area (Å²) < 4.78 is 32.5. The molecule has 1 aromatic heterocycles. The van der Waals surface area contributed by atoms with Crippen LogP contribution in [0.25, 0.3) is 0 Å². The van der Waals surface area contributed by atoms with Gasteiger partial charge in [0, 0.05) is 18.0 Å². The van der Waals surface area contributed by atoms with Gasteiger partial charge in [-0.25, -0.2) is 8.42 Å². The van der Waals surface area contributed by atoms with Gasteiger partial charge in [0.1, 0.15) is 16.8 Å². The number of carbonyl (C=O) groups is 1. The van der Waals surface area contributed by atoms with Crippen molar-refractivity contribution in [2.24, 2.45) is 5.92 Å². The van der Waals surface area contributed by atoms with E-state index in [-0.39, 0.29) is 17.3 Å². The molecule has 2 aliphatic rings. The first-order valence-corrected chi connectivity index (χ1v) is 12.2. The van der Waals surface area contributed by atoms with Crippen molar-refractivity contribution in [1.29, 1.82) is 5.26 Å². The van der Waals surface area contributed by atoms with E-state index in [1.165, 1.54) is 39.8 Å². The molecule has 158 valence electrons. The predicted octanol–water partition coefficient (Wildman–Crippen LogP) is 3.16. The highest BCUT2D eigenvalue weighted by atomic mass is 32.2. The maximum Gasteiger partial charge on any atom is 0.243 e. The van der Waals surface area contributed by atoms with Gasteiger partial charge >= 0.3 is 0 Å². The first kappa shape index (κ1) is 20.8. The van der Waals surface area contributed by atoms with Crippen LogP contribution in [0.4, 0.5) is 5.00 Å². The summed E-state index contributed by atoms with van der Waals surface area (Å²) in [6, 6.07) is 8.49. The van der Waals surface area contributed by atoms with E-state index in [2.05, 4.69) is 11.4 Å². The van der Waals surface area contributed by atoms with Crippen LogP contribution in [0, 0.1) is 17.2 Å². The predicted molar refractivity (Wildman–Crippen MR) is 114 cm³/mol. The highest BCUT2D eigenvalue weighted by molar-refractivity contribution is 7.89. The molecule has 1 aromatic carbocycles. The molecule has 1 N–H and O–H groups in total. The average molecular weight is 446 g/mol. The first-order valence-electron chi connectivity index (χ1n) is 9.93. The number of sulfonamides is 1. The zero-order valence-electron chi connectivity index (χ0n) is 16.7. The number of benzene rings is 1. The molecular weight excluding hydrogens is 422 g/mol. The summed E-state index contributed by atoms with van der Waals surface area (Å²) in [5.41, 5.74) is 1.63. The van der Waals surface area contributed by atoms with Crippen molar-refractivity contribution in [2.75, 3.05) is 25.5 Å². The molecule has 1 atom stereocenters. The van der Waals surface area contributed by atoms with Crippen molar-refractivity contribution < 1.29 is 17.9 Å². The number of anilines is 1. The number of fused-ring (bicyclic) bond motifs is 1. The Morgan fingerprint density at radius 1 is 1.27 bits per heavy atom. The van der Waals surface area contributed by atoms with Crippen LogP contribution in [0.2, 0.25) is 0 Å². The number of thiophene rings is 1. The van der Waals surface area contributed by atoms with E-state index in [0.717, 1.165) is 24.8 Å². The van der Waals surface area contributed by atoms with Crippen LogP contribution in [0.5, 0.6) is 5.75 Å². The van der Waals surface area contributed by atoms with Crippen molar-refractivity contribution in [3.63, 3.8) is 0 Å². The number of carbonyl (C=O) groups excluding carboxylic acids is 1. The molecule has 0 spiro atoms. The Bertz CT molecular complexity index is 1100. The van der Waals surface area contributed by atoms with Crippen molar-refractivity contribution in [2.45, 2.75) is 37.0 Å². The summed E-state index contributed by atoms with van der Waals surface area (Å²) in [5.74, 6) is -0.0858. The fourth-order valence-corrected chi connectivity index (χ4v) is 6.86. The molecule has 2 aromatic rings. The number of amides is 1. The molecule has 1 aliphatic carbocycles.